The fourth-order valence-electron chi connectivity index (χ4n) is 2.59. The highest BCUT2D eigenvalue weighted by atomic mass is 16.1. The van der Waals surface area contributed by atoms with Crippen molar-refractivity contribution in [1.29, 1.82) is 0 Å². The van der Waals surface area contributed by atoms with Crippen LogP contribution in [0.15, 0.2) is 4.79 Å². The Balaban J connectivity index is 2.22. The summed E-state index contributed by atoms with van der Waals surface area (Å²) in [5.41, 5.74) is 2.28. The van der Waals surface area contributed by atoms with Crippen molar-refractivity contribution in [3.8, 4) is 0 Å². The van der Waals surface area contributed by atoms with Crippen LogP contribution in [0.3, 0.4) is 0 Å². The molecule has 2 bridgehead atoms. The van der Waals surface area contributed by atoms with E-state index in [2.05, 4.69) is 10.4 Å². The molecule has 1 saturated heterocycles. The van der Waals surface area contributed by atoms with Crippen molar-refractivity contribution in [1.82, 2.24) is 15.1 Å². The first-order valence-electron chi connectivity index (χ1n) is 4.79. The summed E-state index contributed by atoms with van der Waals surface area (Å²) in [5.74, 6) is 0. The van der Waals surface area contributed by atoms with Gasteiger partial charge in [0.05, 0.1) is 5.56 Å². The van der Waals surface area contributed by atoms with E-state index < -0.39 is 0 Å². The van der Waals surface area contributed by atoms with Gasteiger partial charge in [0, 0.05) is 31.2 Å². The molecule has 70 valence electrons. The first-order chi connectivity index (χ1) is 6.25. The number of fused-ring (bicyclic) bond motifs is 4. The van der Waals surface area contributed by atoms with Gasteiger partial charge in [-0.3, -0.25) is 14.6 Å². The van der Waals surface area contributed by atoms with Crippen molar-refractivity contribution < 1.29 is 0 Å². The summed E-state index contributed by atoms with van der Waals surface area (Å²) in [4.78, 5) is 11.7. The second-order valence-corrected chi connectivity index (χ2v) is 4.07. The molecule has 2 aliphatic heterocycles. The highest BCUT2D eigenvalue weighted by Gasteiger charge is 2.35. The largest absolute Gasteiger partial charge is 0.307 e. The zero-order chi connectivity index (χ0) is 9.00. The molecule has 1 aromatic heterocycles. The van der Waals surface area contributed by atoms with Crippen molar-refractivity contribution in [2.24, 2.45) is 7.05 Å². The van der Waals surface area contributed by atoms with Crippen molar-refractivity contribution in [2.75, 3.05) is 0 Å². The minimum absolute atomic E-state index is 0.146. The van der Waals surface area contributed by atoms with Gasteiger partial charge in [0.15, 0.2) is 0 Å². The predicted molar refractivity (Wildman–Crippen MR) is 48.6 cm³/mol. The van der Waals surface area contributed by atoms with Gasteiger partial charge in [-0.05, 0) is 12.8 Å². The number of H-pyrrole nitrogens is 1. The summed E-state index contributed by atoms with van der Waals surface area (Å²) < 4.78 is 1.59. The Hall–Kier alpha value is -1.03. The SMILES string of the molecule is Cn1[nH]c2c(c1=O)C1CCC(C2)N1. The molecule has 4 nitrogen and oxygen atoms in total. The highest BCUT2D eigenvalue weighted by molar-refractivity contribution is 5.27. The number of aromatic amines is 1. The fourth-order valence-corrected chi connectivity index (χ4v) is 2.59. The molecular weight excluding hydrogens is 166 g/mol. The van der Waals surface area contributed by atoms with Crippen LogP contribution in [0.1, 0.15) is 30.1 Å². The standard InChI is InChI=1S/C9H13N3O/c1-12-9(13)8-6-3-2-5(10-6)4-7(8)11-12/h5-6,10-11H,2-4H2,1H3. The van der Waals surface area contributed by atoms with E-state index in [0.29, 0.717) is 12.1 Å². The zero-order valence-corrected chi connectivity index (χ0v) is 7.63. The second-order valence-electron chi connectivity index (χ2n) is 4.07. The van der Waals surface area contributed by atoms with Crippen LogP contribution in [0.2, 0.25) is 0 Å². The second kappa shape index (κ2) is 2.26. The third-order valence-electron chi connectivity index (χ3n) is 3.20. The molecule has 0 aliphatic carbocycles. The third kappa shape index (κ3) is 0.864. The number of hydrogen-bond donors (Lipinski definition) is 2. The van der Waals surface area contributed by atoms with Gasteiger partial charge in [-0.25, -0.2) is 0 Å². The summed E-state index contributed by atoms with van der Waals surface area (Å²) in [7, 11) is 1.79. The monoisotopic (exact) mass is 179 g/mol. The van der Waals surface area contributed by atoms with Crippen molar-refractivity contribution in [3.05, 3.63) is 21.6 Å². The van der Waals surface area contributed by atoms with Crippen LogP contribution in [0.25, 0.3) is 0 Å². The maximum absolute atomic E-state index is 11.7. The van der Waals surface area contributed by atoms with Crippen molar-refractivity contribution >= 4 is 0 Å². The number of nitrogens with zero attached hydrogens (tertiary/aromatic N) is 1. The molecule has 2 unspecified atom stereocenters. The Bertz CT molecular complexity index is 403. The Kier molecular flexibility index (Phi) is 1.28. The van der Waals surface area contributed by atoms with E-state index in [1.807, 2.05) is 0 Å². The molecule has 0 radical (unpaired) electrons. The molecule has 2 aliphatic rings. The minimum Gasteiger partial charge on any atom is -0.307 e. The number of aryl methyl sites for hydroxylation is 1. The van der Waals surface area contributed by atoms with Crippen LogP contribution in [-0.2, 0) is 13.5 Å². The Morgan fingerprint density at radius 3 is 3.15 bits per heavy atom. The van der Waals surface area contributed by atoms with Gasteiger partial charge in [0.2, 0.25) is 0 Å². The lowest BCUT2D eigenvalue weighted by Crippen LogP contribution is -2.33. The van der Waals surface area contributed by atoms with Gasteiger partial charge in [0.25, 0.3) is 5.56 Å². The lowest BCUT2D eigenvalue weighted by molar-refractivity contribution is 0.509. The molecule has 0 saturated carbocycles. The van der Waals surface area contributed by atoms with Crippen LogP contribution in [0, 0.1) is 0 Å². The van der Waals surface area contributed by atoms with Gasteiger partial charge in [-0.1, -0.05) is 0 Å². The maximum atomic E-state index is 11.7. The molecule has 3 rings (SSSR count). The van der Waals surface area contributed by atoms with E-state index in [-0.39, 0.29) is 5.56 Å². The van der Waals surface area contributed by atoms with E-state index in [9.17, 15) is 4.79 Å². The summed E-state index contributed by atoms with van der Waals surface area (Å²) in [6.07, 6.45) is 3.31. The Morgan fingerprint density at radius 1 is 1.46 bits per heavy atom. The van der Waals surface area contributed by atoms with Crippen molar-refractivity contribution in [2.45, 2.75) is 31.3 Å². The van der Waals surface area contributed by atoms with Gasteiger partial charge in [-0.2, -0.15) is 0 Å². The van der Waals surface area contributed by atoms with E-state index in [4.69, 9.17) is 0 Å². The summed E-state index contributed by atoms with van der Waals surface area (Å²) in [6.45, 7) is 0. The van der Waals surface area contributed by atoms with Crippen LogP contribution in [0.5, 0.6) is 0 Å². The normalized spacial score (nSPS) is 30.5. The van der Waals surface area contributed by atoms with Gasteiger partial charge >= 0.3 is 0 Å². The highest BCUT2D eigenvalue weighted by Crippen LogP contribution is 2.32. The molecule has 1 aromatic rings. The van der Waals surface area contributed by atoms with Crippen LogP contribution < -0.4 is 10.9 Å². The molecule has 0 spiro atoms. The van der Waals surface area contributed by atoms with E-state index in [0.717, 1.165) is 24.1 Å². The van der Waals surface area contributed by atoms with Crippen molar-refractivity contribution in [3.63, 3.8) is 0 Å². The molecule has 2 N–H and O–H groups in total. The van der Waals surface area contributed by atoms with Gasteiger partial charge < -0.3 is 5.32 Å². The first-order valence-corrected chi connectivity index (χ1v) is 4.79. The average Bonchev–Trinajstić information content (AvgIpc) is 2.59. The smallest absolute Gasteiger partial charge is 0.271 e. The molecule has 3 heterocycles. The molecule has 4 heteroatoms. The number of nitrogens with one attached hydrogen (secondary N) is 2. The minimum atomic E-state index is 0.146. The zero-order valence-electron chi connectivity index (χ0n) is 7.63. The van der Waals surface area contributed by atoms with E-state index in [1.165, 1.54) is 6.42 Å². The lowest BCUT2D eigenvalue weighted by atomic mass is 10.0. The number of aromatic nitrogens is 2. The van der Waals surface area contributed by atoms with Crippen LogP contribution in [-0.4, -0.2) is 15.8 Å². The van der Waals surface area contributed by atoms with E-state index in [1.54, 1.807) is 11.7 Å². The van der Waals surface area contributed by atoms with E-state index >= 15 is 0 Å². The molecule has 1 fully saturated rings. The fraction of sp³-hybridized carbons (Fsp3) is 0.667. The molecule has 0 aromatic carbocycles. The van der Waals surface area contributed by atoms with Crippen LogP contribution >= 0.6 is 0 Å². The van der Waals surface area contributed by atoms with Gasteiger partial charge in [0.1, 0.15) is 0 Å². The average molecular weight is 179 g/mol. The summed E-state index contributed by atoms with van der Waals surface area (Å²) in [6, 6.07) is 0.911. The molecule has 13 heavy (non-hydrogen) atoms. The Morgan fingerprint density at radius 2 is 2.31 bits per heavy atom. The lowest BCUT2D eigenvalue weighted by Gasteiger charge is -2.19. The van der Waals surface area contributed by atoms with Gasteiger partial charge in [-0.15, -0.1) is 0 Å². The Labute approximate surface area is 75.9 Å². The predicted octanol–water partition coefficient (Wildman–Crippen LogP) is 0.0626. The topological polar surface area (TPSA) is 49.8 Å². The maximum Gasteiger partial charge on any atom is 0.271 e. The summed E-state index contributed by atoms with van der Waals surface area (Å²) in [5, 5.41) is 6.60. The summed E-state index contributed by atoms with van der Waals surface area (Å²) >= 11 is 0. The molecule has 2 atom stereocenters. The first kappa shape index (κ1) is 7.38. The quantitative estimate of drug-likeness (QED) is 0.592. The number of rotatable bonds is 0. The third-order valence-corrected chi connectivity index (χ3v) is 3.20. The van der Waals surface area contributed by atoms with Crippen LogP contribution in [0.4, 0.5) is 0 Å². The molecular formula is C9H13N3O. The molecule has 0 amide bonds. The number of hydrogen-bond acceptors (Lipinski definition) is 2.